The lowest BCUT2D eigenvalue weighted by Crippen LogP contribution is -2.00. The number of hydrogen-bond donors (Lipinski definition) is 1. The van der Waals surface area contributed by atoms with Crippen LogP contribution in [0.2, 0.25) is 0 Å². The van der Waals surface area contributed by atoms with Crippen LogP contribution in [0.15, 0.2) is 6.07 Å². The Balaban J connectivity index is 2.85. The van der Waals surface area contributed by atoms with Gasteiger partial charge in [-0.25, -0.2) is 0 Å². The Hall–Kier alpha value is -1.31. The Bertz CT molecular complexity index is 406. The molecule has 1 aromatic carbocycles. The van der Waals surface area contributed by atoms with Crippen molar-refractivity contribution in [2.75, 3.05) is 0 Å². The van der Waals surface area contributed by atoms with E-state index in [2.05, 4.69) is 33.8 Å². The molecule has 0 saturated heterocycles. The van der Waals surface area contributed by atoms with E-state index in [-0.39, 0.29) is 6.42 Å². The predicted octanol–water partition coefficient (Wildman–Crippen LogP) is 3.33. The zero-order chi connectivity index (χ0) is 12.3. The van der Waals surface area contributed by atoms with Gasteiger partial charge in [-0.05, 0) is 68.4 Å². The van der Waals surface area contributed by atoms with Gasteiger partial charge in [-0.15, -0.1) is 0 Å². The average molecular weight is 220 g/mol. The van der Waals surface area contributed by atoms with Crippen molar-refractivity contribution in [3.63, 3.8) is 0 Å². The first-order valence-electron chi connectivity index (χ1n) is 5.71. The van der Waals surface area contributed by atoms with Gasteiger partial charge in [0.1, 0.15) is 0 Å². The molecule has 1 N–H and O–H groups in total. The molecule has 0 spiro atoms. The third-order valence-electron chi connectivity index (χ3n) is 3.43. The van der Waals surface area contributed by atoms with E-state index in [1.165, 1.54) is 27.8 Å². The smallest absolute Gasteiger partial charge is 0.303 e. The fourth-order valence-corrected chi connectivity index (χ4v) is 1.99. The van der Waals surface area contributed by atoms with E-state index in [4.69, 9.17) is 5.11 Å². The van der Waals surface area contributed by atoms with Crippen molar-refractivity contribution in [2.24, 2.45) is 0 Å². The Labute approximate surface area is 97.3 Å². The summed E-state index contributed by atoms with van der Waals surface area (Å²) in [5.41, 5.74) is 6.59. The van der Waals surface area contributed by atoms with E-state index >= 15 is 0 Å². The highest BCUT2D eigenvalue weighted by Gasteiger charge is 2.07. The van der Waals surface area contributed by atoms with Crippen LogP contribution in [0.4, 0.5) is 0 Å². The summed E-state index contributed by atoms with van der Waals surface area (Å²) in [7, 11) is 0. The topological polar surface area (TPSA) is 37.3 Å². The monoisotopic (exact) mass is 220 g/mol. The molecule has 0 unspecified atom stereocenters. The average Bonchev–Trinajstić information content (AvgIpc) is 2.22. The summed E-state index contributed by atoms with van der Waals surface area (Å²) in [6, 6.07) is 2.19. The lowest BCUT2D eigenvalue weighted by atomic mass is 9.92. The fourth-order valence-electron chi connectivity index (χ4n) is 1.99. The quantitative estimate of drug-likeness (QED) is 0.845. The van der Waals surface area contributed by atoms with Gasteiger partial charge in [0.05, 0.1) is 0 Å². The van der Waals surface area contributed by atoms with Crippen LogP contribution in [0.3, 0.4) is 0 Å². The Morgan fingerprint density at radius 2 is 1.75 bits per heavy atom. The van der Waals surface area contributed by atoms with E-state index in [9.17, 15) is 4.79 Å². The molecule has 1 aromatic rings. The third-order valence-corrected chi connectivity index (χ3v) is 3.43. The summed E-state index contributed by atoms with van der Waals surface area (Å²) in [4.78, 5) is 10.5. The Kier molecular flexibility index (Phi) is 4.11. The summed E-state index contributed by atoms with van der Waals surface area (Å²) in [5.74, 6) is -0.710. The number of aliphatic carboxylic acids is 1. The molecule has 0 aliphatic carbocycles. The molecular formula is C14H20O2. The molecule has 0 saturated carbocycles. The lowest BCUT2D eigenvalue weighted by Gasteiger charge is -2.13. The third kappa shape index (κ3) is 2.84. The minimum absolute atomic E-state index is 0.255. The van der Waals surface area contributed by atoms with Crippen LogP contribution < -0.4 is 0 Å². The molecule has 0 bridgehead atoms. The van der Waals surface area contributed by atoms with Gasteiger partial charge in [-0.3, -0.25) is 4.79 Å². The summed E-state index contributed by atoms with van der Waals surface area (Å²) in [5, 5.41) is 8.61. The number of carbonyl (C=O) groups is 1. The zero-order valence-corrected chi connectivity index (χ0v) is 10.6. The molecule has 1 rings (SSSR count). The number of carboxylic acids is 1. The second-order valence-corrected chi connectivity index (χ2v) is 4.47. The van der Waals surface area contributed by atoms with Crippen molar-refractivity contribution in [3.8, 4) is 0 Å². The van der Waals surface area contributed by atoms with Crippen LogP contribution in [0.5, 0.6) is 0 Å². The molecule has 2 heteroatoms. The van der Waals surface area contributed by atoms with Crippen molar-refractivity contribution in [3.05, 3.63) is 33.9 Å². The van der Waals surface area contributed by atoms with Gasteiger partial charge in [-0.2, -0.15) is 0 Å². The SMILES string of the molecule is Cc1cc(CCCC(=O)O)c(C)c(C)c1C. The molecular weight excluding hydrogens is 200 g/mol. The van der Waals surface area contributed by atoms with E-state index in [1.54, 1.807) is 0 Å². The normalized spacial score (nSPS) is 10.5. The van der Waals surface area contributed by atoms with E-state index in [0.29, 0.717) is 0 Å². The van der Waals surface area contributed by atoms with Gasteiger partial charge in [0.15, 0.2) is 0 Å². The molecule has 0 radical (unpaired) electrons. The van der Waals surface area contributed by atoms with Crippen LogP contribution in [0.1, 0.15) is 40.7 Å². The standard InChI is InChI=1S/C14H20O2/c1-9-8-13(6-5-7-14(15)16)12(4)11(3)10(9)2/h8H,5-7H2,1-4H3,(H,15,16). The van der Waals surface area contributed by atoms with Gasteiger partial charge >= 0.3 is 5.97 Å². The van der Waals surface area contributed by atoms with Crippen LogP contribution in [0.25, 0.3) is 0 Å². The van der Waals surface area contributed by atoms with Crippen molar-refractivity contribution < 1.29 is 9.90 Å². The van der Waals surface area contributed by atoms with Crippen LogP contribution >= 0.6 is 0 Å². The maximum atomic E-state index is 10.5. The molecule has 88 valence electrons. The zero-order valence-electron chi connectivity index (χ0n) is 10.6. The number of aryl methyl sites for hydroxylation is 2. The van der Waals surface area contributed by atoms with Crippen LogP contribution in [-0.2, 0) is 11.2 Å². The number of hydrogen-bond acceptors (Lipinski definition) is 1. The molecule has 0 aliphatic rings. The van der Waals surface area contributed by atoms with Crippen LogP contribution in [-0.4, -0.2) is 11.1 Å². The van der Waals surface area contributed by atoms with Gasteiger partial charge in [0.25, 0.3) is 0 Å². The molecule has 0 fully saturated rings. The minimum Gasteiger partial charge on any atom is -0.481 e. The second-order valence-electron chi connectivity index (χ2n) is 4.47. The van der Waals surface area contributed by atoms with E-state index < -0.39 is 5.97 Å². The highest BCUT2D eigenvalue weighted by Crippen LogP contribution is 2.22. The van der Waals surface area contributed by atoms with E-state index in [0.717, 1.165) is 12.8 Å². The maximum absolute atomic E-state index is 10.5. The molecule has 2 nitrogen and oxygen atoms in total. The van der Waals surface area contributed by atoms with Crippen molar-refractivity contribution >= 4 is 5.97 Å². The second kappa shape index (κ2) is 5.15. The Morgan fingerprint density at radius 1 is 1.12 bits per heavy atom. The first-order valence-corrected chi connectivity index (χ1v) is 5.71. The number of rotatable bonds is 4. The van der Waals surface area contributed by atoms with E-state index in [1.807, 2.05) is 0 Å². The van der Waals surface area contributed by atoms with Crippen molar-refractivity contribution in [2.45, 2.75) is 47.0 Å². The van der Waals surface area contributed by atoms with Gasteiger partial charge in [0, 0.05) is 6.42 Å². The molecule has 0 aliphatic heterocycles. The van der Waals surface area contributed by atoms with Gasteiger partial charge in [-0.1, -0.05) is 6.07 Å². The first kappa shape index (κ1) is 12.8. The summed E-state index contributed by atoms with van der Waals surface area (Å²) in [6.45, 7) is 8.51. The summed E-state index contributed by atoms with van der Waals surface area (Å²) >= 11 is 0. The largest absolute Gasteiger partial charge is 0.481 e. The van der Waals surface area contributed by atoms with Crippen molar-refractivity contribution in [1.82, 2.24) is 0 Å². The number of benzene rings is 1. The molecule has 0 amide bonds. The maximum Gasteiger partial charge on any atom is 0.303 e. The molecule has 0 aromatic heterocycles. The lowest BCUT2D eigenvalue weighted by molar-refractivity contribution is -0.137. The molecule has 0 heterocycles. The van der Waals surface area contributed by atoms with Crippen molar-refractivity contribution in [1.29, 1.82) is 0 Å². The minimum atomic E-state index is -0.710. The molecule has 0 atom stereocenters. The molecule has 16 heavy (non-hydrogen) atoms. The summed E-state index contributed by atoms with van der Waals surface area (Å²) < 4.78 is 0. The van der Waals surface area contributed by atoms with Gasteiger partial charge < -0.3 is 5.11 Å². The van der Waals surface area contributed by atoms with Crippen LogP contribution in [0, 0.1) is 27.7 Å². The van der Waals surface area contributed by atoms with Gasteiger partial charge in [0.2, 0.25) is 0 Å². The fraction of sp³-hybridized carbons (Fsp3) is 0.500. The predicted molar refractivity (Wildman–Crippen MR) is 66.0 cm³/mol. The Morgan fingerprint density at radius 3 is 2.31 bits per heavy atom. The summed E-state index contributed by atoms with van der Waals surface area (Å²) in [6.07, 6.45) is 1.84. The highest BCUT2D eigenvalue weighted by molar-refractivity contribution is 5.66. The first-order chi connectivity index (χ1) is 7.43. The highest BCUT2D eigenvalue weighted by atomic mass is 16.4. The number of carboxylic acid groups (broad SMARTS) is 1.